The third-order valence-electron chi connectivity index (χ3n) is 5.05. The molecule has 9 nitrogen and oxygen atoms in total. The number of para-hydroxylation sites is 1. The van der Waals surface area contributed by atoms with Crippen molar-refractivity contribution in [2.75, 3.05) is 6.26 Å². The molecule has 1 aromatic heterocycles. The van der Waals surface area contributed by atoms with Crippen molar-refractivity contribution in [3.05, 3.63) is 35.9 Å². The van der Waals surface area contributed by atoms with Gasteiger partial charge in [0.2, 0.25) is 6.29 Å². The number of aliphatic hydroxyl groups is 3. The molecule has 0 spiro atoms. The Balaban J connectivity index is 1.83. The number of aromatic carboxylic acids is 1. The first kappa shape index (κ1) is 20.8. The number of aromatic nitrogens is 2. The third-order valence-corrected chi connectivity index (χ3v) is 5.82. The van der Waals surface area contributed by atoms with Gasteiger partial charge in [-0.05, 0) is 37.4 Å². The summed E-state index contributed by atoms with van der Waals surface area (Å²) >= 11 is 1.41. The highest BCUT2D eigenvalue weighted by molar-refractivity contribution is 7.98. The lowest BCUT2D eigenvalue weighted by Crippen LogP contribution is -2.58. The molecule has 1 saturated heterocycles. The van der Waals surface area contributed by atoms with E-state index in [2.05, 4.69) is 9.97 Å². The number of aliphatic hydroxyl groups excluding tert-OH is 3. The Labute approximate surface area is 175 Å². The second-order valence-corrected chi connectivity index (χ2v) is 7.81. The molecule has 1 aliphatic rings. The molecule has 1 aliphatic heterocycles. The molecule has 0 amide bonds. The number of carbonyl (C=O) groups is 1. The zero-order chi connectivity index (χ0) is 21.6. The van der Waals surface area contributed by atoms with Gasteiger partial charge in [0, 0.05) is 4.90 Å². The minimum absolute atomic E-state index is 0.0421. The summed E-state index contributed by atoms with van der Waals surface area (Å²) < 4.78 is 11.3. The molecule has 4 rings (SSSR count). The first-order valence-corrected chi connectivity index (χ1v) is 10.4. The summed E-state index contributed by atoms with van der Waals surface area (Å²) in [5, 5.41) is 39.6. The molecule has 0 saturated carbocycles. The number of hydrogen-bond donors (Lipinski definition) is 4. The molecule has 0 unspecified atom stereocenters. The van der Waals surface area contributed by atoms with Gasteiger partial charge in [-0.15, -0.1) is 11.8 Å². The summed E-state index contributed by atoms with van der Waals surface area (Å²) in [7, 11) is 0. The van der Waals surface area contributed by atoms with Gasteiger partial charge in [-0.2, -0.15) is 0 Å². The molecule has 10 heteroatoms. The monoisotopic (exact) mass is 432 g/mol. The van der Waals surface area contributed by atoms with E-state index in [1.54, 1.807) is 31.2 Å². The molecule has 0 radical (unpaired) electrons. The average Bonchev–Trinajstić information content (AvgIpc) is 2.73. The summed E-state index contributed by atoms with van der Waals surface area (Å²) in [6.07, 6.45) is -4.27. The smallest absolute Gasteiger partial charge is 0.337 e. The van der Waals surface area contributed by atoms with Gasteiger partial charge in [0.25, 0.3) is 0 Å². The van der Waals surface area contributed by atoms with Crippen LogP contribution in [0, 0.1) is 0 Å². The highest BCUT2D eigenvalue weighted by Gasteiger charge is 2.43. The fourth-order valence-corrected chi connectivity index (χ4v) is 3.94. The summed E-state index contributed by atoms with van der Waals surface area (Å²) in [6.45, 7) is 1.56. The maximum absolute atomic E-state index is 11.6. The lowest BCUT2D eigenvalue weighted by molar-refractivity contribution is -0.267. The molecule has 2 heterocycles. The van der Waals surface area contributed by atoms with Gasteiger partial charge < -0.3 is 29.9 Å². The Hall–Kier alpha value is -2.50. The summed E-state index contributed by atoms with van der Waals surface area (Å²) in [4.78, 5) is 21.5. The van der Waals surface area contributed by atoms with Crippen molar-refractivity contribution < 1.29 is 34.7 Å². The van der Waals surface area contributed by atoms with E-state index in [0.29, 0.717) is 16.6 Å². The van der Waals surface area contributed by atoms with Crippen LogP contribution in [-0.2, 0) is 4.74 Å². The zero-order valence-corrected chi connectivity index (χ0v) is 16.9. The predicted octanol–water partition coefficient (Wildman–Crippen LogP) is 1.41. The van der Waals surface area contributed by atoms with Crippen LogP contribution in [0.1, 0.15) is 17.3 Å². The Bertz CT molecular complexity index is 1130. The molecule has 30 heavy (non-hydrogen) atoms. The van der Waals surface area contributed by atoms with Crippen molar-refractivity contribution in [2.24, 2.45) is 0 Å². The largest absolute Gasteiger partial charge is 0.478 e. The molecular weight excluding hydrogens is 412 g/mol. The molecule has 3 aromatic rings. The summed E-state index contributed by atoms with van der Waals surface area (Å²) in [5.41, 5.74) is 1.48. The van der Waals surface area contributed by atoms with Crippen LogP contribution in [0.15, 0.2) is 35.2 Å². The molecule has 158 valence electrons. The number of rotatable bonds is 4. The average molecular weight is 432 g/mol. The van der Waals surface area contributed by atoms with Crippen LogP contribution >= 0.6 is 11.8 Å². The Morgan fingerprint density at radius 1 is 1.03 bits per heavy atom. The molecule has 2 aromatic carbocycles. The second-order valence-electron chi connectivity index (χ2n) is 6.96. The SMILES string of the molecule is CSc1ccc(C(=O)O)c2nc3cccc(O[C@@H]4O[C@@H](C)[C@H](O)[C@@H](O)[C@H]4O)c3nc12. The van der Waals surface area contributed by atoms with Gasteiger partial charge >= 0.3 is 5.97 Å². The quantitative estimate of drug-likeness (QED) is 0.353. The maximum atomic E-state index is 11.6. The fourth-order valence-electron chi connectivity index (χ4n) is 3.40. The van der Waals surface area contributed by atoms with E-state index < -0.39 is 36.7 Å². The van der Waals surface area contributed by atoms with E-state index in [1.165, 1.54) is 17.8 Å². The number of carboxylic acids is 1. The van der Waals surface area contributed by atoms with Crippen LogP contribution in [0.5, 0.6) is 5.75 Å². The maximum Gasteiger partial charge on any atom is 0.337 e. The van der Waals surface area contributed by atoms with Crippen LogP contribution in [0.4, 0.5) is 0 Å². The van der Waals surface area contributed by atoms with Crippen molar-refractivity contribution in [1.82, 2.24) is 9.97 Å². The highest BCUT2D eigenvalue weighted by atomic mass is 32.2. The molecule has 0 aliphatic carbocycles. The van der Waals surface area contributed by atoms with Crippen molar-refractivity contribution in [3.63, 3.8) is 0 Å². The van der Waals surface area contributed by atoms with E-state index in [-0.39, 0.29) is 16.8 Å². The van der Waals surface area contributed by atoms with E-state index in [4.69, 9.17) is 9.47 Å². The predicted molar refractivity (Wildman–Crippen MR) is 109 cm³/mol. The number of fused-ring (bicyclic) bond motifs is 2. The number of thioether (sulfide) groups is 1. The van der Waals surface area contributed by atoms with Gasteiger partial charge in [0.15, 0.2) is 5.75 Å². The summed E-state index contributed by atoms with van der Waals surface area (Å²) in [5.74, 6) is -0.858. The minimum atomic E-state index is -1.47. The first-order chi connectivity index (χ1) is 14.3. The van der Waals surface area contributed by atoms with Crippen LogP contribution < -0.4 is 4.74 Å². The minimum Gasteiger partial charge on any atom is -0.478 e. The van der Waals surface area contributed by atoms with E-state index in [1.807, 2.05) is 6.26 Å². The molecule has 4 N–H and O–H groups in total. The normalized spacial score (nSPS) is 26.8. The van der Waals surface area contributed by atoms with Crippen molar-refractivity contribution in [1.29, 1.82) is 0 Å². The molecule has 0 bridgehead atoms. The van der Waals surface area contributed by atoms with Crippen molar-refractivity contribution in [3.8, 4) is 5.75 Å². The number of hydrogen-bond acceptors (Lipinski definition) is 9. The van der Waals surface area contributed by atoms with Crippen LogP contribution in [-0.4, -0.2) is 73.3 Å². The van der Waals surface area contributed by atoms with Gasteiger partial charge in [0.05, 0.1) is 17.2 Å². The van der Waals surface area contributed by atoms with Gasteiger partial charge in [0.1, 0.15) is 34.9 Å². The topological polar surface area (TPSA) is 142 Å². The number of benzene rings is 2. The number of ether oxygens (including phenoxy) is 2. The Morgan fingerprint density at radius 2 is 1.80 bits per heavy atom. The van der Waals surface area contributed by atoms with E-state index >= 15 is 0 Å². The zero-order valence-electron chi connectivity index (χ0n) is 16.1. The first-order valence-electron chi connectivity index (χ1n) is 9.19. The standard InChI is InChI=1S/C20H20N2O7S/c1-8-16(23)17(24)18(25)20(28-8)29-11-5-3-4-10-14(11)22-15-12(30-2)7-6-9(19(26)27)13(15)21-10/h3-8,16-18,20,23-25H,1-2H3,(H,26,27)/t8-,16-,17+,18+,20-/m0/s1. The Kier molecular flexibility index (Phi) is 5.51. The second kappa shape index (κ2) is 7.97. The lowest BCUT2D eigenvalue weighted by Gasteiger charge is -2.38. The summed E-state index contributed by atoms with van der Waals surface area (Å²) in [6, 6.07) is 8.11. The van der Waals surface area contributed by atoms with Crippen molar-refractivity contribution in [2.45, 2.75) is 42.5 Å². The van der Waals surface area contributed by atoms with Gasteiger partial charge in [-0.1, -0.05) is 6.07 Å². The van der Waals surface area contributed by atoms with Gasteiger partial charge in [-0.25, -0.2) is 14.8 Å². The van der Waals surface area contributed by atoms with Crippen LogP contribution in [0.25, 0.3) is 22.1 Å². The molecular formula is C20H20N2O7S. The molecule has 5 atom stereocenters. The van der Waals surface area contributed by atoms with Crippen LogP contribution in [0.2, 0.25) is 0 Å². The lowest BCUT2D eigenvalue weighted by atomic mass is 10.00. The van der Waals surface area contributed by atoms with Crippen molar-refractivity contribution >= 4 is 39.8 Å². The van der Waals surface area contributed by atoms with Gasteiger partial charge in [-0.3, -0.25) is 0 Å². The third kappa shape index (κ3) is 3.46. The van der Waals surface area contributed by atoms with E-state index in [9.17, 15) is 25.2 Å². The molecule has 1 fully saturated rings. The van der Waals surface area contributed by atoms with E-state index in [0.717, 1.165) is 4.90 Å². The Morgan fingerprint density at radius 3 is 2.50 bits per heavy atom. The van der Waals surface area contributed by atoms with Crippen LogP contribution in [0.3, 0.4) is 0 Å². The number of nitrogens with zero attached hydrogens (tertiary/aromatic N) is 2. The highest BCUT2D eigenvalue weighted by Crippen LogP contribution is 2.33. The number of carboxylic acid groups (broad SMARTS) is 1. The fraction of sp³-hybridized carbons (Fsp3) is 0.350.